The first-order valence-electron chi connectivity index (χ1n) is 10.7. The van der Waals surface area contributed by atoms with Crippen molar-refractivity contribution in [3.05, 3.63) is 87.8 Å². The lowest BCUT2D eigenvalue weighted by Gasteiger charge is -2.22. The Morgan fingerprint density at radius 2 is 1.86 bits per heavy atom. The second kappa shape index (κ2) is 9.36. The van der Waals surface area contributed by atoms with E-state index in [0.717, 1.165) is 11.8 Å². The number of halogens is 2. The van der Waals surface area contributed by atoms with Crippen LogP contribution in [-0.2, 0) is 9.84 Å². The van der Waals surface area contributed by atoms with Gasteiger partial charge in [0.1, 0.15) is 17.6 Å². The van der Waals surface area contributed by atoms with Crippen LogP contribution in [0.15, 0.2) is 59.6 Å². The molecule has 0 saturated carbocycles. The van der Waals surface area contributed by atoms with Gasteiger partial charge in [-0.15, -0.1) is 0 Å². The number of fused-ring (bicyclic) bond motifs is 1. The summed E-state index contributed by atoms with van der Waals surface area (Å²) in [7, 11) is -2.10. The van der Waals surface area contributed by atoms with Crippen molar-refractivity contribution in [3.63, 3.8) is 0 Å². The van der Waals surface area contributed by atoms with E-state index in [4.69, 9.17) is 16.3 Å². The zero-order valence-corrected chi connectivity index (χ0v) is 21.1. The number of aryl methyl sites for hydroxylation is 2. The van der Waals surface area contributed by atoms with Crippen molar-refractivity contribution in [1.82, 2.24) is 4.98 Å². The molecule has 1 atom stereocenters. The van der Waals surface area contributed by atoms with E-state index in [1.165, 1.54) is 25.3 Å². The summed E-state index contributed by atoms with van der Waals surface area (Å²) in [5, 5.41) is 4.31. The number of nitrogens with one attached hydrogen (secondary N) is 2. The number of H-pyrrole nitrogens is 1. The Hall–Kier alpha value is -3.36. The van der Waals surface area contributed by atoms with Crippen LogP contribution in [0.5, 0.6) is 5.75 Å². The van der Waals surface area contributed by atoms with Gasteiger partial charge >= 0.3 is 0 Å². The minimum atomic E-state index is -3.54. The number of methoxy groups -OCH3 is 1. The molecule has 182 valence electrons. The van der Waals surface area contributed by atoms with Crippen LogP contribution in [0.2, 0.25) is 5.02 Å². The maximum atomic E-state index is 14.1. The highest BCUT2D eigenvalue weighted by atomic mass is 35.5. The third-order valence-corrected chi connectivity index (χ3v) is 7.30. The van der Waals surface area contributed by atoms with E-state index in [-0.39, 0.29) is 16.5 Å². The third-order valence-electron chi connectivity index (χ3n) is 5.98. The van der Waals surface area contributed by atoms with Crippen LogP contribution in [0, 0.1) is 19.7 Å². The van der Waals surface area contributed by atoms with Crippen LogP contribution in [0.3, 0.4) is 0 Å². The van der Waals surface area contributed by atoms with Gasteiger partial charge in [-0.1, -0.05) is 17.7 Å². The van der Waals surface area contributed by atoms with Gasteiger partial charge in [0.25, 0.3) is 0 Å². The molecule has 0 bridgehead atoms. The van der Waals surface area contributed by atoms with Crippen LogP contribution >= 0.6 is 11.6 Å². The van der Waals surface area contributed by atoms with Gasteiger partial charge in [0.2, 0.25) is 0 Å². The number of carbonyl (C=O) groups is 1. The second-order valence-electron chi connectivity index (χ2n) is 8.41. The number of Topliss-reactive ketones (excluding diaryl/α,β-unsaturated/α-hetero) is 1. The molecule has 0 fully saturated rings. The number of hydrogen-bond donors (Lipinski definition) is 2. The summed E-state index contributed by atoms with van der Waals surface area (Å²) >= 11 is 6.15. The van der Waals surface area contributed by atoms with Crippen molar-refractivity contribution >= 4 is 43.8 Å². The number of benzene rings is 3. The first-order chi connectivity index (χ1) is 16.5. The number of aromatic amines is 1. The lowest BCUT2D eigenvalue weighted by atomic mass is 9.93. The molecule has 0 saturated heterocycles. The van der Waals surface area contributed by atoms with E-state index >= 15 is 0 Å². The lowest BCUT2D eigenvalue weighted by Crippen LogP contribution is -2.22. The number of anilines is 1. The van der Waals surface area contributed by atoms with E-state index in [1.807, 2.05) is 6.92 Å². The van der Waals surface area contributed by atoms with Crippen molar-refractivity contribution in [1.29, 1.82) is 0 Å². The summed E-state index contributed by atoms with van der Waals surface area (Å²) in [4.78, 5) is 17.0. The molecule has 6 nitrogen and oxygen atoms in total. The van der Waals surface area contributed by atoms with E-state index in [1.54, 1.807) is 43.5 Å². The van der Waals surface area contributed by atoms with Crippen LogP contribution in [0.4, 0.5) is 10.1 Å². The molecule has 0 spiro atoms. The molecule has 0 aliphatic rings. The van der Waals surface area contributed by atoms with Gasteiger partial charge < -0.3 is 15.0 Å². The smallest absolute Gasteiger partial charge is 0.191 e. The van der Waals surface area contributed by atoms with Gasteiger partial charge in [0.15, 0.2) is 15.6 Å². The standard InChI is InChI=1S/C26H24ClFN2O4S/c1-14-9-16(27)5-6-20(14)25(30-17-10-18(34-3)12-19(11-17)35(4,32)33)26(31)22-13-29-24-15(2)23(28)8-7-21(22)24/h5-13,25,29-30H,1-4H3. The number of ketones is 1. The Labute approximate surface area is 208 Å². The van der Waals surface area contributed by atoms with Crippen molar-refractivity contribution in [2.75, 3.05) is 18.7 Å². The van der Waals surface area contributed by atoms with Crippen LogP contribution in [0.25, 0.3) is 10.9 Å². The van der Waals surface area contributed by atoms with Gasteiger partial charge in [0.05, 0.1) is 17.5 Å². The first-order valence-corrected chi connectivity index (χ1v) is 13.0. The molecule has 1 unspecified atom stereocenters. The highest BCUT2D eigenvalue weighted by Crippen LogP contribution is 2.33. The Bertz CT molecular complexity index is 1560. The summed E-state index contributed by atoms with van der Waals surface area (Å²) in [6, 6.07) is 11.7. The molecule has 1 heterocycles. The van der Waals surface area contributed by atoms with Crippen molar-refractivity contribution in [3.8, 4) is 5.75 Å². The van der Waals surface area contributed by atoms with Crippen LogP contribution in [0.1, 0.15) is 33.1 Å². The monoisotopic (exact) mass is 514 g/mol. The van der Waals surface area contributed by atoms with E-state index in [0.29, 0.717) is 44.1 Å². The molecular weight excluding hydrogens is 491 g/mol. The van der Waals surface area contributed by atoms with Crippen LogP contribution < -0.4 is 10.1 Å². The molecule has 0 aliphatic carbocycles. The number of carbonyl (C=O) groups excluding carboxylic acids is 1. The fraction of sp³-hybridized carbons (Fsp3) is 0.192. The number of ether oxygens (including phenoxy) is 1. The normalized spacial score (nSPS) is 12.5. The zero-order valence-electron chi connectivity index (χ0n) is 19.6. The second-order valence-corrected chi connectivity index (χ2v) is 10.9. The molecular formula is C26H24ClFN2O4S. The van der Waals surface area contributed by atoms with E-state index in [9.17, 15) is 17.6 Å². The minimum Gasteiger partial charge on any atom is -0.497 e. The number of aromatic nitrogens is 1. The number of rotatable bonds is 7. The molecule has 1 aromatic heterocycles. The molecule has 4 rings (SSSR count). The molecule has 0 aliphatic heterocycles. The Morgan fingerprint density at radius 3 is 2.51 bits per heavy atom. The van der Waals surface area contributed by atoms with Crippen molar-refractivity contribution in [2.24, 2.45) is 0 Å². The molecule has 0 amide bonds. The molecule has 0 radical (unpaired) electrons. The molecule has 9 heteroatoms. The minimum absolute atomic E-state index is 0.0524. The third kappa shape index (κ3) is 4.90. The maximum Gasteiger partial charge on any atom is 0.191 e. The van der Waals surface area contributed by atoms with Gasteiger partial charge in [-0.3, -0.25) is 4.79 Å². The fourth-order valence-electron chi connectivity index (χ4n) is 4.08. The topological polar surface area (TPSA) is 88.3 Å². The molecule has 4 aromatic rings. The van der Waals surface area contributed by atoms with Gasteiger partial charge in [-0.2, -0.15) is 0 Å². The average Bonchev–Trinajstić information content (AvgIpc) is 3.24. The van der Waals surface area contributed by atoms with E-state index in [2.05, 4.69) is 10.3 Å². The number of hydrogen-bond acceptors (Lipinski definition) is 5. The quantitative estimate of drug-likeness (QED) is 0.294. The van der Waals surface area contributed by atoms with Crippen LogP contribution in [-0.4, -0.2) is 32.6 Å². The first kappa shape index (κ1) is 24.8. The summed E-state index contributed by atoms with van der Waals surface area (Å²) in [6.07, 6.45) is 2.66. The summed E-state index contributed by atoms with van der Waals surface area (Å²) in [6.45, 7) is 3.48. The fourth-order valence-corrected chi connectivity index (χ4v) is 4.98. The Kier molecular flexibility index (Phi) is 6.62. The summed E-state index contributed by atoms with van der Waals surface area (Å²) in [5.74, 6) is -0.324. The molecule has 3 aromatic carbocycles. The lowest BCUT2D eigenvalue weighted by molar-refractivity contribution is 0.0971. The number of sulfone groups is 1. The summed E-state index contributed by atoms with van der Waals surface area (Å²) in [5.41, 5.74) is 3.16. The Balaban J connectivity index is 1.86. The largest absolute Gasteiger partial charge is 0.497 e. The highest BCUT2D eigenvalue weighted by Gasteiger charge is 2.27. The highest BCUT2D eigenvalue weighted by molar-refractivity contribution is 7.90. The van der Waals surface area contributed by atoms with Gasteiger partial charge in [0, 0.05) is 45.7 Å². The summed E-state index contributed by atoms with van der Waals surface area (Å²) < 4.78 is 43.8. The van der Waals surface area contributed by atoms with E-state index < -0.39 is 15.9 Å². The predicted molar refractivity (Wildman–Crippen MR) is 136 cm³/mol. The predicted octanol–water partition coefficient (Wildman–Crippen LogP) is 6.03. The van der Waals surface area contributed by atoms with Gasteiger partial charge in [-0.25, -0.2) is 12.8 Å². The van der Waals surface area contributed by atoms with Crippen molar-refractivity contribution in [2.45, 2.75) is 24.8 Å². The SMILES string of the molecule is COc1cc(NC(C(=O)c2c[nH]c3c(C)c(F)ccc23)c2ccc(Cl)cc2C)cc(S(C)(=O)=O)c1. The maximum absolute atomic E-state index is 14.1. The molecule has 2 N–H and O–H groups in total. The zero-order chi connectivity index (χ0) is 25.5. The van der Waals surface area contributed by atoms with Gasteiger partial charge in [-0.05, 0) is 61.4 Å². The molecule has 35 heavy (non-hydrogen) atoms. The average molecular weight is 515 g/mol. The van der Waals surface area contributed by atoms with Crippen molar-refractivity contribution < 1.29 is 22.3 Å². The Morgan fingerprint density at radius 1 is 1.11 bits per heavy atom.